The lowest BCUT2D eigenvalue weighted by atomic mass is 10.1. The van der Waals surface area contributed by atoms with E-state index in [0.717, 1.165) is 5.57 Å². The van der Waals surface area contributed by atoms with Crippen molar-refractivity contribution < 1.29 is 5.11 Å². The van der Waals surface area contributed by atoms with Crippen molar-refractivity contribution in [2.24, 2.45) is 16.5 Å². The lowest BCUT2D eigenvalue weighted by Crippen LogP contribution is -2.23. The van der Waals surface area contributed by atoms with Crippen LogP contribution in [0, 0.1) is 0 Å². The van der Waals surface area contributed by atoms with Gasteiger partial charge in [0.1, 0.15) is 0 Å². The number of nitrogens with zero attached hydrogens (tertiary/aromatic N) is 1. The van der Waals surface area contributed by atoms with Gasteiger partial charge in [-0.25, -0.2) is 0 Å². The molecule has 5 N–H and O–H groups in total. The minimum absolute atomic E-state index is 0.0546. The second-order valence-electron chi connectivity index (χ2n) is 2.46. The lowest BCUT2D eigenvalue weighted by molar-refractivity contribution is 0.204. The summed E-state index contributed by atoms with van der Waals surface area (Å²) in [5, 5.41) is 9.19. The molecule has 0 aliphatic carbocycles. The Hall–Kier alpha value is -1.03. The SMILES string of the molecule is C=C(C)C(O)CCN=C(N)N. The standard InChI is InChI=1S/C7H15N3O/c1-5(2)6(11)3-4-10-7(8)9/h6,11H,1,3-4H2,2H3,(H4,8,9,10). The van der Waals surface area contributed by atoms with Gasteiger partial charge in [0.15, 0.2) is 5.96 Å². The third-order valence-corrected chi connectivity index (χ3v) is 1.27. The normalized spacial score (nSPS) is 12.2. The van der Waals surface area contributed by atoms with Crippen molar-refractivity contribution in [1.82, 2.24) is 0 Å². The number of aliphatic hydroxyl groups is 1. The maximum Gasteiger partial charge on any atom is 0.185 e. The van der Waals surface area contributed by atoms with E-state index in [1.54, 1.807) is 6.92 Å². The topological polar surface area (TPSA) is 84.6 Å². The van der Waals surface area contributed by atoms with Crippen LogP contribution in [0.25, 0.3) is 0 Å². The van der Waals surface area contributed by atoms with Crippen LogP contribution >= 0.6 is 0 Å². The second kappa shape index (κ2) is 4.73. The molecular weight excluding hydrogens is 142 g/mol. The summed E-state index contributed by atoms with van der Waals surface area (Å²) in [6, 6.07) is 0. The first-order chi connectivity index (χ1) is 5.04. The molecule has 0 amide bonds. The van der Waals surface area contributed by atoms with Gasteiger partial charge in [-0.15, -0.1) is 0 Å². The summed E-state index contributed by atoms with van der Waals surface area (Å²) in [5.41, 5.74) is 10.9. The maximum atomic E-state index is 9.19. The molecule has 1 unspecified atom stereocenters. The van der Waals surface area contributed by atoms with Crippen molar-refractivity contribution in [3.63, 3.8) is 0 Å². The van der Waals surface area contributed by atoms with Gasteiger partial charge in [-0.3, -0.25) is 4.99 Å². The molecule has 0 saturated heterocycles. The van der Waals surface area contributed by atoms with Crippen molar-refractivity contribution in [2.45, 2.75) is 19.4 Å². The van der Waals surface area contributed by atoms with E-state index >= 15 is 0 Å². The first kappa shape index (κ1) is 9.97. The molecule has 0 aliphatic rings. The van der Waals surface area contributed by atoms with Gasteiger partial charge in [-0.2, -0.15) is 0 Å². The summed E-state index contributed by atoms with van der Waals surface area (Å²) in [5.74, 6) is 0.0546. The molecule has 0 aromatic heterocycles. The zero-order valence-corrected chi connectivity index (χ0v) is 6.75. The van der Waals surface area contributed by atoms with E-state index in [1.807, 2.05) is 0 Å². The first-order valence-electron chi connectivity index (χ1n) is 3.43. The highest BCUT2D eigenvalue weighted by Gasteiger charge is 2.02. The quantitative estimate of drug-likeness (QED) is 0.294. The average molecular weight is 157 g/mol. The molecule has 0 spiro atoms. The molecule has 0 heterocycles. The Bertz CT molecular complexity index is 161. The molecule has 0 aliphatic heterocycles. The number of hydrogen-bond acceptors (Lipinski definition) is 2. The predicted molar refractivity (Wildman–Crippen MR) is 46.1 cm³/mol. The molecule has 0 aromatic carbocycles. The highest BCUT2D eigenvalue weighted by atomic mass is 16.3. The van der Waals surface area contributed by atoms with Crippen molar-refractivity contribution in [2.75, 3.05) is 6.54 Å². The zero-order chi connectivity index (χ0) is 8.85. The van der Waals surface area contributed by atoms with Gasteiger partial charge in [0.2, 0.25) is 0 Å². The Labute approximate surface area is 66.6 Å². The van der Waals surface area contributed by atoms with E-state index in [-0.39, 0.29) is 5.96 Å². The van der Waals surface area contributed by atoms with Crippen LogP contribution in [0.3, 0.4) is 0 Å². The molecule has 4 heteroatoms. The molecule has 1 atom stereocenters. The Morgan fingerprint density at radius 1 is 1.64 bits per heavy atom. The Morgan fingerprint density at radius 2 is 2.18 bits per heavy atom. The van der Waals surface area contributed by atoms with Crippen molar-refractivity contribution in [1.29, 1.82) is 0 Å². The van der Waals surface area contributed by atoms with Crippen molar-refractivity contribution in [3.05, 3.63) is 12.2 Å². The van der Waals surface area contributed by atoms with E-state index in [2.05, 4.69) is 11.6 Å². The van der Waals surface area contributed by atoms with Gasteiger partial charge in [-0.1, -0.05) is 12.2 Å². The maximum absolute atomic E-state index is 9.19. The van der Waals surface area contributed by atoms with Crippen LogP contribution in [0.1, 0.15) is 13.3 Å². The summed E-state index contributed by atoms with van der Waals surface area (Å²) >= 11 is 0. The van der Waals surface area contributed by atoms with Gasteiger partial charge in [0.25, 0.3) is 0 Å². The number of nitrogens with two attached hydrogens (primary N) is 2. The first-order valence-corrected chi connectivity index (χ1v) is 3.43. The summed E-state index contributed by atoms with van der Waals surface area (Å²) in [6.07, 6.45) is 0.0193. The summed E-state index contributed by atoms with van der Waals surface area (Å²) < 4.78 is 0. The largest absolute Gasteiger partial charge is 0.389 e. The fourth-order valence-corrected chi connectivity index (χ4v) is 0.562. The average Bonchev–Trinajstić information content (AvgIpc) is 1.86. The summed E-state index contributed by atoms with van der Waals surface area (Å²) in [6.45, 7) is 5.80. The Morgan fingerprint density at radius 3 is 2.55 bits per heavy atom. The third-order valence-electron chi connectivity index (χ3n) is 1.27. The molecule has 0 radical (unpaired) electrons. The molecule has 0 rings (SSSR count). The molecule has 64 valence electrons. The van der Waals surface area contributed by atoms with Crippen LogP contribution in [-0.4, -0.2) is 23.7 Å². The van der Waals surface area contributed by atoms with Crippen LogP contribution < -0.4 is 11.5 Å². The second-order valence-corrected chi connectivity index (χ2v) is 2.46. The molecular formula is C7H15N3O. The monoisotopic (exact) mass is 157 g/mol. The Balaban J connectivity index is 3.55. The molecule has 4 nitrogen and oxygen atoms in total. The van der Waals surface area contributed by atoms with Crippen LogP contribution in [0.2, 0.25) is 0 Å². The van der Waals surface area contributed by atoms with E-state index in [0.29, 0.717) is 13.0 Å². The molecule has 0 bridgehead atoms. The molecule has 0 aromatic rings. The van der Waals surface area contributed by atoms with Crippen molar-refractivity contribution in [3.8, 4) is 0 Å². The minimum Gasteiger partial charge on any atom is -0.389 e. The number of rotatable bonds is 4. The van der Waals surface area contributed by atoms with Crippen molar-refractivity contribution >= 4 is 5.96 Å². The van der Waals surface area contributed by atoms with E-state index in [1.165, 1.54) is 0 Å². The van der Waals surface area contributed by atoms with Gasteiger partial charge < -0.3 is 16.6 Å². The highest BCUT2D eigenvalue weighted by Crippen LogP contribution is 2.01. The number of aliphatic imine (C=N–C) groups is 1. The van der Waals surface area contributed by atoms with E-state index in [9.17, 15) is 5.11 Å². The molecule has 11 heavy (non-hydrogen) atoms. The third kappa shape index (κ3) is 5.42. The highest BCUT2D eigenvalue weighted by molar-refractivity contribution is 5.75. The number of hydrogen-bond donors (Lipinski definition) is 3. The lowest BCUT2D eigenvalue weighted by Gasteiger charge is -2.06. The predicted octanol–water partition coefficient (Wildman–Crippen LogP) is -0.413. The van der Waals surface area contributed by atoms with Crippen LogP contribution in [0.15, 0.2) is 17.1 Å². The van der Waals surface area contributed by atoms with Crippen LogP contribution in [-0.2, 0) is 0 Å². The minimum atomic E-state index is -0.502. The van der Waals surface area contributed by atoms with E-state index in [4.69, 9.17) is 11.5 Å². The van der Waals surface area contributed by atoms with Gasteiger partial charge >= 0.3 is 0 Å². The number of guanidine groups is 1. The molecule has 0 fully saturated rings. The molecule has 0 saturated carbocycles. The van der Waals surface area contributed by atoms with Gasteiger partial charge in [0, 0.05) is 6.54 Å². The smallest absolute Gasteiger partial charge is 0.185 e. The summed E-state index contributed by atoms with van der Waals surface area (Å²) in [7, 11) is 0. The van der Waals surface area contributed by atoms with Gasteiger partial charge in [-0.05, 0) is 13.3 Å². The summed E-state index contributed by atoms with van der Waals surface area (Å²) in [4.78, 5) is 3.72. The fraction of sp³-hybridized carbons (Fsp3) is 0.571. The fourth-order valence-electron chi connectivity index (χ4n) is 0.562. The van der Waals surface area contributed by atoms with Gasteiger partial charge in [0.05, 0.1) is 6.10 Å². The van der Waals surface area contributed by atoms with Crippen LogP contribution in [0.5, 0.6) is 0 Å². The van der Waals surface area contributed by atoms with E-state index < -0.39 is 6.10 Å². The van der Waals surface area contributed by atoms with Crippen LogP contribution in [0.4, 0.5) is 0 Å². The number of aliphatic hydroxyl groups excluding tert-OH is 1. The zero-order valence-electron chi connectivity index (χ0n) is 6.75. The Kier molecular flexibility index (Phi) is 4.29.